The number of benzene rings is 2. The number of fused-ring (bicyclic) bond motifs is 3. The average Bonchev–Trinajstić information content (AvgIpc) is 3.44. The quantitative estimate of drug-likeness (QED) is 0.677. The summed E-state index contributed by atoms with van der Waals surface area (Å²) in [6.45, 7) is 0.989. The van der Waals surface area contributed by atoms with E-state index in [4.69, 9.17) is 4.74 Å². The fraction of sp³-hybridized carbons (Fsp3) is 0.423. The molecule has 2 amide bonds. The van der Waals surface area contributed by atoms with Crippen LogP contribution >= 0.6 is 11.8 Å². The molecule has 7 nitrogen and oxygen atoms in total. The molecule has 1 unspecified atom stereocenters. The van der Waals surface area contributed by atoms with Crippen molar-refractivity contribution in [3.8, 4) is 11.1 Å². The molecule has 1 aliphatic heterocycles. The van der Waals surface area contributed by atoms with Gasteiger partial charge in [0.1, 0.15) is 11.9 Å². The van der Waals surface area contributed by atoms with Crippen LogP contribution in [0.5, 0.6) is 0 Å². The Labute approximate surface area is 202 Å². The fourth-order valence-corrected chi connectivity index (χ4v) is 6.49. The van der Waals surface area contributed by atoms with Crippen molar-refractivity contribution in [1.82, 2.24) is 10.2 Å². The maximum absolute atomic E-state index is 13.1. The number of hydrogen-bond acceptors (Lipinski definition) is 5. The van der Waals surface area contributed by atoms with Crippen molar-refractivity contribution >= 4 is 29.7 Å². The normalized spacial score (nSPS) is 23.8. The number of nitrogens with zero attached hydrogens (tertiary/aromatic N) is 1. The number of hydrogen-bond donors (Lipinski definition) is 2. The van der Waals surface area contributed by atoms with Gasteiger partial charge in [-0.15, -0.1) is 11.8 Å². The van der Waals surface area contributed by atoms with Crippen LogP contribution in [0.1, 0.15) is 36.3 Å². The van der Waals surface area contributed by atoms with Crippen LogP contribution in [0.15, 0.2) is 48.5 Å². The summed E-state index contributed by atoms with van der Waals surface area (Å²) in [6.07, 6.45) is 1.74. The van der Waals surface area contributed by atoms with Crippen LogP contribution < -0.4 is 5.32 Å². The summed E-state index contributed by atoms with van der Waals surface area (Å²) in [6, 6.07) is 16.1. The van der Waals surface area contributed by atoms with Gasteiger partial charge in [0.2, 0.25) is 5.91 Å². The number of aliphatic carboxylic acids is 1. The molecule has 2 N–H and O–H groups in total. The molecule has 3 aliphatic rings. The van der Waals surface area contributed by atoms with Crippen LogP contribution in [0.2, 0.25) is 0 Å². The summed E-state index contributed by atoms with van der Waals surface area (Å²) >= 11 is 1.37. The van der Waals surface area contributed by atoms with Gasteiger partial charge >= 0.3 is 12.1 Å². The molecule has 178 valence electrons. The van der Waals surface area contributed by atoms with Gasteiger partial charge in [-0.05, 0) is 35.1 Å². The van der Waals surface area contributed by atoms with E-state index in [0.717, 1.165) is 17.5 Å². The highest BCUT2D eigenvalue weighted by molar-refractivity contribution is 8.00. The zero-order valence-corrected chi connectivity index (χ0v) is 19.6. The second-order valence-corrected chi connectivity index (χ2v) is 10.4. The minimum atomic E-state index is -0.887. The van der Waals surface area contributed by atoms with Gasteiger partial charge in [0.25, 0.3) is 0 Å². The molecule has 2 aromatic rings. The summed E-state index contributed by atoms with van der Waals surface area (Å²) in [7, 11) is 0. The number of carboxylic acids is 1. The molecule has 2 aromatic carbocycles. The van der Waals surface area contributed by atoms with Crippen molar-refractivity contribution in [1.29, 1.82) is 0 Å². The number of carbonyl (C=O) groups is 3. The highest BCUT2D eigenvalue weighted by Crippen LogP contribution is 2.44. The minimum Gasteiger partial charge on any atom is -0.480 e. The van der Waals surface area contributed by atoms with E-state index in [1.54, 1.807) is 4.90 Å². The Kier molecular flexibility index (Phi) is 6.50. The van der Waals surface area contributed by atoms with Gasteiger partial charge in [-0.2, -0.15) is 0 Å². The Hall–Kier alpha value is -3.00. The average molecular weight is 481 g/mol. The number of amides is 2. The molecule has 0 bridgehead atoms. The van der Waals surface area contributed by atoms with Crippen molar-refractivity contribution in [2.45, 2.75) is 36.5 Å². The first-order valence-electron chi connectivity index (χ1n) is 11.8. The molecule has 1 heterocycles. The summed E-state index contributed by atoms with van der Waals surface area (Å²) in [4.78, 5) is 38.9. The predicted molar refractivity (Wildman–Crippen MR) is 130 cm³/mol. The van der Waals surface area contributed by atoms with Gasteiger partial charge in [0, 0.05) is 30.8 Å². The van der Waals surface area contributed by atoms with Crippen molar-refractivity contribution in [3.63, 3.8) is 0 Å². The molecule has 34 heavy (non-hydrogen) atoms. The number of ether oxygens (including phenoxy) is 1. The van der Waals surface area contributed by atoms with Crippen LogP contribution in [-0.2, 0) is 14.3 Å². The first-order chi connectivity index (χ1) is 16.5. The summed E-state index contributed by atoms with van der Waals surface area (Å²) in [5.74, 6) is -0.689. The summed E-state index contributed by atoms with van der Waals surface area (Å²) in [5, 5.41) is 11.6. The lowest BCUT2D eigenvalue weighted by molar-refractivity contribution is -0.139. The van der Waals surface area contributed by atoms with E-state index in [1.165, 1.54) is 22.9 Å². The van der Waals surface area contributed by atoms with Crippen molar-refractivity contribution in [2.24, 2.45) is 5.92 Å². The van der Waals surface area contributed by atoms with Crippen molar-refractivity contribution in [2.75, 3.05) is 25.4 Å². The first kappa shape index (κ1) is 22.8. The van der Waals surface area contributed by atoms with Gasteiger partial charge in [-0.3, -0.25) is 9.59 Å². The van der Waals surface area contributed by atoms with Crippen molar-refractivity contribution < 1.29 is 24.2 Å². The lowest BCUT2D eigenvalue weighted by Crippen LogP contribution is -2.50. The SMILES string of the molecule is O=C(N[C@@H]1CCC[C@@H]1C(=O)N1CCSC(C(=O)O)C1)OCC1c2ccccc2-c2ccccc21. The maximum Gasteiger partial charge on any atom is 0.407 e. The summed E-state index contributed by atoms with van der Waals surface area (Å²) in [5.41, 5.74) is 4.66. The largest absolute Gasteiger partial charge is 0.480 e. The number of thioether (sulfide) groups is 1. The van der Waals surface area contributed by atoms with E-state index in [2.05, 4.69) is 29.6 Å². The molecule has 2 fully saturated rings. The minimum absolute atomic E-state index is 0.0158. The van der Waals surface area contributed by atoms with Crippen LogP contribution in [0.4, 0.5) is 4.79 Å². The number of alkyl carbamates (subject to hydrolysis) is 1. The van der Waals surface area contributed by atoms with Gasteiger partial charge in [0.15, 0.2) is 0 Å². The Morgan fingerprint density at radius 2 is 1.71 bits per heavy atom. The topological polar surface area (TPSA) is 95.9 Å². The van der Waals surface area contributed by atoms with Gasteiger partial charge in [-0.25, -0.2) is 4.79 Å². The second-order valence-electron chi connectivity index (χ2n) is 9.10. The fourth-order valence-electron chi connectivity index (χ4n) is 5.45. The number of nitrogens with one attached hydrogen (secondary N) is 1. The molecule has 8 heteroatoms. The Morgan fingerprint density at radius 1 is 1.03 bits per heavy atom. The summed E-state index contributed by atoms with van der Waals surface area (Å²) < 4.78 is 5.67. The first-order valence-corrected chi connectivity index (χ1v) is 12.8. The van der Waals surface area contributed by atoms with Crippen LogP contribution in [0, 0.1) is 5.92 Å². The third-order valence-electron chi connectivity index (χ3n) is 7.13. The molecule has 0 aromatic heterocycles. The zero-order chi connectivity index (χ0) is 23.7. The molecule has 0 spiro atoms. The number of carbonyl (C=O) groups excluding carboxylic acids is 2. The Balaban J connectivity index is 1.20. The molecule has 5 rings (SSSR count). The monoisotopic (exact) mass is 480 g/mol. The standard InChI is InChI=1S/C26H28N2O5S/c29-24(28-12-13-34-23(14-28)25(30)31)20-10-5-11-22(20)27-26(32)33-15-21-18-8-3-1-6-16(18)17-7-2-4-9-19(17)21/h1-4,6-9,20-23H,5,10-15H2,(H,27,32)(H,30,31)/t20-,22+,23?/m0/s1. The van der Waals surface area contributed by atoms with Gasteiger partial charge in [-0.1, -0.05) is 55.0 Å². The molecule has 0 radical (unpaired) electrons. The van der Waals surface area contributed by atoms with E-state index in [0.29, 0.717) is 25.1 Å². The van der Waals surface area contributed by atoms with Gasteiger partial charge < -0.3 is 20.1 Å². The molecular formula is C26H28N2O5S. The highest BCUT2D eigenvalue weighted by atomic mass is 32.2. The van der Waals surface area contributed by atoms with E-state index in [9.17, 15) is 19.5 Å². The third-order valence-corrected chi connectivity index (χ3v) is 8.30. The smallest absolute Gasteiger partial charge is 0.407 e. The number of rotatable bonds is 5. The lowest BCUT2D eigenvalue weighted by Gasteiger charge is -2.33. The predicted octanol–water partition coefficient (Wildman–Crippen LogP) is 3.72. The van der Waals surface area contributed by atoms with E-state index >= 15 is 0 Å². The molecule has 1 saturated heterocycles. The maximum atomic E-state index is 13.1. The Bertz CT molecular complexity index is 1060. The lowest BCUT2D eigenvalue weighted by atomic mass is 9.98. The Morgan fingerprint density at radius 3 is 2.38 bits per heavy atom. The molecule has 1 saturated carbocycles. The molecule has 3 atom stereocenters. The van der Waals surface area contributed by atoms with Crippen LogP contribution in [0.3, 0.4) is 0 Å². The van der Waals surface area contributed by atoms with Crippen LogP contribution in [-0.4, -0.2) is 64.7 Å². The number of carboxylic acid groups (broad SMARTS) is 1. The third kappa shape index (κ3) is 4.39. The molecular weight excluding hydrogens is 452 g/mol. The van der Waals surface area contributed by atoms with Gasteiger partial charge in [0.05, 0.1) is 5.92 Å². The highest BCUT2D eigenvalue weighted by Gasteiger charge is 2.39. The van der Waals surface area contributed by atoms with Crippen molar-refractivity contribution in [3.05, 3.63) is 59.7 Å². The second kappa shape index (κ2) is 9.70. The van der Waals surface area contributed by atoms with Crippen LogP contribution in [0.25, 0.3) is 11.1 Å². The molecule has 2 aliphatic carbocycles. The zero-order valence-electron chi connectivity index (χ0n) is 18.8. The van der Waals surface area contributed by atoms with E-state index in [1.807, 2.05) is 24.3 Å². The van der Waals surface area contributed by atoms with E-state index < -0.39 is 17.3 Å². The van der Waals surface area contributed by atoms with E-state index in [-0.39, 0.29) is 36.9 Å².